The van der Waals surface area contributed by atoms with Gasteiger partial charge in [0.1, 0.15) is 0 Å². The molecule has 0 spiro atoms. The Morgan fingerprint density at radius 2 is 1.97 bits per heavy atom. The zero-order chi connectivity index (χ0) is 22.5. The van der Waals surface area contributed by atoms with E-state index in [1.54, 1.807) is 13.3 Å². The third-order valence-corrected chi connectivity index (χ3v) is 3.93. The Morgan fingerprint density at radius 3 is 2.50 bits per heavy atom. The van der Waals surface area contributed by atoms with Gasteiger partial charge in [0.25, 0.3) is 0 Å². The standard InChI is InChI=1S/C17H25N3O2.C4H4O4/c1-4-22-17-13-8-6-10-19-16(13)14(11-15(17)21-3)20-12(2)7-5-9-18;5-3(6)1-2-4(7)8/h6,8,10-12,20H,4-5,7,9,18H2,1-3H3;1-2H,(H,5,6)(H,7,8)/b;2-1+. The maximum absolute atomic E-state index is 9.55. The van der Waals surface area contributed by atoms with Crippen LogP contribution in [0.2, 0.25) is 0 Å². The molecule has 5 N–H and O–H groups in total. The van der Waals surface area contributed by atoms with Crippen molar-refractivity contribution in [1.29, 1.82) is 0 Å². The van der Waals surface area contributed by atoms with Gasteiger partial charge in [-0.25, -0.2) is 9.59 Å². The van der Waals surface area contributed by atoms with Crippen LogP contribution in [0.1, 0.15) is 26.7 Å². The summed E-state index contributed by atoms with van der Waals surface area (Å²) in [6.45, 7) is 5.40. The number of pyridine rings is 1. The Bertz CT molecular complexity index is 853. The molecule has 0 saturated heterocycles. The number of carboxylic acids is 2. The Hall–Kier alpha value is -3.33. The summed E-state index contributed by atoms with van der Waals surface area (Å²) in [5.74, 6) is -1.05. The van der Waals surface area contributed by atoms with Crippen LogP contribution in [0, 0.1) is 0 Å². The number of nitrogens with zero attached hydrogens (tertiary/aromatic N) is 1. The highest BCUT2D eigenvalue weighted by Crippen LogP contribution is 2.39. The lowest BCUT2D eigenvalue weighted by Crippen LogP contribution is -2.17. The van der Waals surface area contributed by atoms with E-state index in [9.17, 15) is 9.59 Å². The summed E-state index contributed by atoms with van der Waals surface area (Å²) >= 11 is 0. The van der Waals surface area contributed by atoms with Crippen LogP contribution in [0.25, 0.3) is 10.9 Å². The molecule has 0 saturated carbocycles. The van der Waals surface area contributed by atoms with Gasteiger partial charge in [-0.2, -0.15) is 0 Å². The van der Waals surface area contributed by atoms with Crippen LogP contribution in [0.3, 0.4) is 0 Å². The molecule has 9 heteroatoms. The number of anilines is 1. The van der Waals surface area contributed by atoms with Crippen molar-refractivity contribution in [3.63, 3.8) is 0 Å². The summed E-state index contributed by atoms with van der Waals surface area (Å²) in [6.07, 6.45) is 4.92. The predicted molar refractivity (Wildman–Crippen MR) is 115 cm³/mol. The van der Waals surface area contributed by atoms with Gasteiger partial charge in [-0.3, -0.25) is 4.98 Å². The number of nitrogens with one attached hydrogen (secondary N) is 1. The lowest BCUT2D eigenvalue weighted by Gasteiger charge is -2.19. The molecular formula is C21H29N3O6. The molecule has 1 heterocycles. The SMILES string of the molecule is CCOc1c(OC)cc(NC(C)CCCN)c2ncccc12.O=C(O)/C=C/C(=O)O. The molecule has 164 valence electrons. The summed E-state index contributed by atoms with van der Waals surface area (Å²) < 4.78 is 11.3. The van der Waals surface area contributed by atoms with Crippen LogP contribution in [-0.2, 0) is 9.59 Å². The smallest absolute Gasteiger partial charge is 0.328 e. The molecule has 30 heavy (non-hydrogen) atoms. The van der Waals surface area contributed by atoms with Gasteiger partial charge >= 0.3 is 11.9 Å². The van der Waals surface area contributed by atoms with Crippen molar-refractivity contribution < 1.29 is 29.3 Å². The van der Waals surface area contributed by atoms with Crippen molar-refractivity contribution in [3.05, 3.63) is 36.5 Å². The molecule has 0 aliphatic carbocycles. The lowest BCUT2D eigenvalue weighted by molar-refractivity contribution is -0.134. The van der Waals surface area contributed by atoms with Crippen molar-refractivity contribution in [3.8, 4) is 11.5 Å². The highest BCUT2D eigenvalue weighted by atomic mass is 16.5. The largest absolute Gasteiger partial charge is 0.493 e. The van der Waals surface area contributed by atoms with Gasteiger partial charge in [0.15, 0.2) is 11.5 Å². The topological polar surface area (TPSA) is 144 Å². The Labute approximate surface area is 175 Å². The summed E-state index contributed by atoms with van der Waals surface area (Å²) in [6, 6.07) is 6.19. The van der Waals surface area contributed by atoms with Crippen molar-refractivity contribution in [2.24, 2.45) is 5.73 Å². The van der Waals surface area contributed by atoms with Crippen LogP contribution >= 0.6 is 0 Å². The number of fused-ring (bicyclic) bond motifs is 1. The van der Waals surface area contributed by atoms with Crippen molar-refractivity contribution in [2.75, 3.05) is 25.6 Å². The van der Waals surface area contributed by atoms with E-state index in [0.717, 1.165) is 40.9 Å². The first-order valence-corrected chi connectivity index (χ1v) is 9.53. The number of aliphatic carboxylic acids is 2. The minimum Gasteiger partial charge on any atom is -0.493 e. The maximum atomic E-state index is 9.55. The number of rotatable bonds is 10. The summed E-state index contributed by atoms with van der Waals surface area (Å²) in [5.41, 5.74) is 7.44. The van der Waals surface area contributed by atoms with E-state index in [1.807, 2.05) is 25.1 Å². The van der Waals surface area contributed by atoms with Gasteiger partial charge in [-0.1, -0.05) is 0 Å². The van der Waals surface area contributed by atoms with Crippen molar-refractivity contribution in [1.82, 2.24) is 4.98 Å². The predicted octanol–water partition coefficient (Wildman–Crippen LogP) is 2.89. The Morgan fingerprint density at radius 1 is 1.30 bits per heavy atom. The molecule has 1 aromatic heterocycles. The average molecular weight is 419 g/mol. The number of benzene rings is 1. The second-order valence-electron chi connectivity index (χ2n) is 6.27. The number of hydrogen-bond donors (Lipinski definition) is 4. The van der Waals surface area contributed by atoms with Gasteiger partial charge in [0.05, 0.1) is 24.9 Å². The molecule has 1 aromatic carbocycles. The fraction of sp³-hybridized carbons (Fsp3) is 0.381. The number of nitrogens with two attached hydrogens (primary N) is 1. The molecule has 0 bridgehead atoms. The molecule has 2 rings (SSSR count). The van der Waals surface area contributed by atoms with E-state index in [1.165, 1.54) is 0 Å². The fourth-order valence-corrected chi connectivity index (χ4v) is 2.66. The summed E-state index contributed by atoms with van der Waals surface area (Å²) in [4.78, 5) is 23.6. The Kier molecular flexibility index (Phi) is 10.7. The number of carbonyl (C=O) groups is 2. The molecule has 0 fully saturated rings. The molecule has 2 aromatic rings. The maximum Gasteiger partial charge on any atom is 0.328 e. The van der Waals surface area contributed by atoms with Crippen LogP contribution in [-0.4, -0.2) is 53.4 Å². The fourth-order valence-electron chi connectivity index (χ4n) is 2.66. The lowest BCUT2D eigenvalue weighted by atomic mass is 10.1. The van der Waals surface area contributed by atoms with Gasteiger partial charge < -0.3 is 30.7 Å². The minimum absolute atomic E-state index is 0.316. The molecule has 1 unspecified atom stereocenters. The number of hydrogen-bond acceptors (Lipinski definition) is 7. The third-order valence-electron chi connectivity index (χ3n) is 3.93. The van der Waals surface area contributed by atoms with Gasteiger partial charge in [0.2, 0.25) is 0 Å². The summed E-state index contributed by atoms with van der Waals surface area (Å²) in [7, 11) is 1.65. The third kappa shape index (κ3) is 7.96. The van der Waals surface area contributed by atoms with Crippen LogP contribution < -0.4 is 20.5 Å². The van der Waals surface area contributed by atoms with Crippen LogP contribution in [0.5, 0.6) is 11.5 Å². The van der Waals surface area contributed by atoms with E-state index in [-0.39, 0.29) is 0 Å². The number of methoxy groups -OCH3 is 1. The quantitative estimate of drug-likeness (QED) is 0.427. The zero-order valence-electron chi connectivity index (χ0n) is 17.4. The second-order valence-corrected chi connectivity index (χ2v) is 6.27. The first-order valence-electron chi connectivity index (χ1n) is 9.53. The zero-order valence-corrected chi connectivity index (χ0v) is 17.4. The first-order chi connectivity index (χ1) is 14.3. The molecule has 0 amide bonds. The van der Waals surface area contributed by atoms with E-state index < -0.39 is 11.9 Å². The van der Waals surface area contributed by atoms with E-state index in [0.29, 0.717) is 31.3 Å². The Balaban J connectivity index is 0.000000479. The normalized spacial score (nSPS) is 11.5. The molecule has 0 aliphatic rings. The van der Waals surface area contributed by atoms with Gasteiger partial charge in [-0.05, 0) is 45.4 Å². The minimum atomic E-state index is -1.26. The van der Waals surface area contributed by atoms with Gasteiger partial charge in [0, 0.05) is 35.8 Å². The molecular weight excluding hydrogens is 390 g/mol. The molecule has 9 nitrogen and oxygen atoms in total. The monoisotopic (exact) mass is 419 g/mol. The number of carboxylic acid groups (broad SMARTS) is 2. The number of aromatic nitrogens is 1. The number of ether oxygens (including phenoxy) is 2. The first kappa shape index (κ1) is 24.7. The second kappa shape index (κ2) is 13.0. The molecule has 0 aliphatic heterocycles. The summed E-state index contributed by atoms with van der Waals surface area (Å²) in [5, 5.41) is 20.1. The van der Waals surface area contributed by atoms with E-state index in [2.05, 4.69) is 17.2 Å². The van der Waals surface area contributed by atoms with E-state index in [4.69, 9.17) is 25.4 Å². The van der Waals surface area contributed by atoms with Crippen molar-refractivity contribution in [2.45, 2.75) is 32.7 Å². The average Bonchev–Trinajstić information content (AvgIpc) is 2.72. The van der Waals surface area contributed by atoms with Gasteiger partial charge in [-0.15, -0.1) is 0 Å². The van der Waals surface area contributed by atoms with Crippen LogP contribution in [0.15, 0.2) is 36.5 Å². The molecule has 0 radical (unpaired) electrons. The molecule has 1 atom stereocenters. The highest BCUT2D eigenvalue weighted by molar-refractivity contribution is 5.97. The van der Waals surface area contributed by atoms with Crippen LogP contribution in [0.4, 0.5) is 5.69 Å². The highest BCUT2D eigenvalue weighted by Gasteiger charge is 2.15. The van der Waals surface area contributed by atoms with E-state index >= 15 is 0 Å². The van der Waals surface area contributed by atoms with Crippen molar-refractivity contribution >= 4 is 28.5 Å².